The van der Waals surface area contributed by atoms with Crippen LogP contribution in [0.25, 0.3) is 0 Å². The number of anilines is 1. The molecule has 212 valence electrons. The maximum Gasteiger partial charge on any atom is 0.238 e. The zero-order valence-electron chi connectivity index (χ0n) is 23.4. The molecule has 0 aromatic heterocycles. The van der Waals surface area contributed by atoms with Crippen molar-refractivity contribution in [1.82, 2.24) is 4.90 Å². The van der Waals surface area contributed by atoms with Gasteiger partial charge < -0.3 is 24.3 Å². The van der Waals surface area contributed by atoms with Crippen LogP contribution in [0, 0.1) is 5.82 Å². The molecule has 3 aromatic rings. The molecule has 1 N–H and O–H groups in total. The number of benzene rings is 3. The predicted octanol–water partition coefficient (Wildman–Crippen LogP) is 5.87. The van der Waals surface area contributed by atoms with E-state index in [9.17, 15) is 9.18 Å². The van der Waals surface area contributed by atoms with Crippen molar-refractivity contribution in [3.63, 3.8) is 0 Å². The molecule has 2 atom stereocenters. The summed E-state index contributed by atoms with van der Waals surface area (Å²) in [5.41, 5.74) is 4.52. The Kier molecular flexibility index (Phi) is 8.87. The lowest BCUT2D eigenvalue weighted by Gasteiger charge is -2.26. The van der Waals surface area contributed by atoms with Crippen molar-refractivity contribution >= 4 is 11.6 Å². The molecule has 0 spiro atoms. The predicted molar refractivity (Wildman–Crippen MR) is 152 cm³/mol. The van der Waals surface area contributed by atoms with Crippen molar-refractivity contribution in [3.8, 4) is 17.2 Å². The summed E-state index contributed by atoms with van der Waals surface area (Å²) in [6.45, 7) is 5.98. The fourth-order valence-electron chi connectivity index (χ4n) is 5.74. The number of aryl methyl sites for hydroxylation is 2. The first kappa shape index (κ1) is 27.9. The molecule has 1 saturated heterocycles. The van der Waals surface area contributed by atoms with E-state index in [0.717, 1.165) is 51.6 Å². The number of halogens is 1. The number of nitrogens with zero attached hydrogens (tertiary/aromatic N) is 1. The highest BCUT2D eigenvalue weighted by Crippen LogP contribution is 2.45. The van der Waals surface area contributed by atoms with E-state index in [2.05, 4.69) is 22.3 Å². The molecule has 0 bridgehead atoms. The summed E-state index contributed by atoms with van der Waals surface area (Å²) in [6, 6.07) is 17.1. The summed E-state index contributed by atoms with van der Waals surface area (Å²) in [5, 5.41) is 3.12. The molecular weight excluding hydrogens is 511 g/mol. The van der Waals surface area contributed by atoms with Crippen LogP contribution in [0.15, 0.2) is 54.6 Å². The quantitative estimate of drug-likeness (QED) is 0.302. The van der Waals surface area contributed by atoms with E-state index in [1.165, 1.54) is 12.1 Å². The standard InChI is InChI=1S/C32H37FN2O5/c1-4-21-14-25(33)15-22(5-2)32(21)34-31(36)19-35-18-24(23-10-11-29-30(17-23)40-20-39-29)16-27(35)26-8-6-7-9-28(26)38-13-12-37-3/h6-11,14-15,17,24,27H,4-5,12-13,16,18-20H2,1-3H3,(H,34,36)/t24-,27-/m1/s1. The van der Waals surface area contributed by atoms with Gasteiger partial charge in [-0.2, -0.15) is 0 Å². The van der Waals surface area contributed by atoms with Crippen LogP contribution < -0.4 is 19.5 Å². The Balaban J connectivity index is 1.42. The topological polar surface area (TPSA) is 69.3 Å². The van der Waals surface area contributed by atoms with Crippen LogP contribution in [0.4, 0.5) is 10.1 Å². The third-order valence-corrected chi connectivity index (χ3v) is 7.73. The van der Waals surface area contributed by atoms with Gasteiger partial charge in [-0.25, -0.2) is 4.39 Å². The molecule has 2 aliphatic rings. The van der Waals surface area contributed by atoms with Gasteiger partial charge in [0.15, 0.2) is 11.5 Å². The molecule has 8 heteroatoms. The SMILES string of the molecule is CCc1cc(F)cc(CC)c1NC(=O)CN1C[C@H](c2ccc3c(c2)OCO3)C[C@@H]1c1ccccc1OCCOC. The van der Waals surface area contributed by atoms with Gasteiger partial charge in [0.05, 0.1) is 13.2 Å². The zero-order valence-corrected chi connectivity index (χ0v) is 23.4. The molecule has 0 saturated carbocycles. The Labute approximate surface area is 235 Å². The lowest BCUT2D eigenvalue weighted by atomic mass is 9.93. The van der Waals surface area contributed by atoms with Gasteiger partial charge in [0.2, 0.25) is 12.7 Å². The van der Waals surface area contributed by atoms with Crippen LogP contribution in [0.1, 0.15) is 54.5 Å². The molecule has 2 aliphatic heterocycles. The summed E-state index contributed by atoms with van der Waals surface area (Å²) in [4.78, 5) is 15.7. The number of carbonyl (C=O) groups excluding carboxylic acids is 1. The van der Waals surface area contributed by atoms with Crippen molar-refractivity contribution in [1.29, 1.82) is 0 Å². The number of likely N-dealkylation sites (tertiary alicyclic amines) is 1. The molecule has 7 nitrogen and oxygen atoms in total. The van der Waals surface area contributed by atoms with Crippen LogP contribution >= 0.6 is 0 Å². The van der Waals surface area contributed by atoms with E-state index in [1.54, 1.807) is 7.11 Å². The normalized spacial score (nSPS) is 18.2. The Morgan fingerprint density at radius 3 is 2.52 bits per heavy atom. The summed E-state index contributed by atoms with van der Waals surface area (Å²) in [6.07, 6.45) is 2.07. The van der Waals surface area contributed by atoms with Crippen molar-refractivity contribution < 1.29 is 28.1 Å². The van der Waals surface area contributed by atoms with Gasteiger partial charge in [0.25, 0.3) is 0 Å². The second-order valence-electron chi connectivity index (χ2n) is 10.2. The van der Waals surface area contributed by atoms with E-state index in [0.29, 0.717) is 32.6 Å². The van der Waals surface area contributed by atoms with Crippen molar-refractivity contribution in [2.24, 2.45) is 0 Å². The maximum atomic E-state index is 14.2. The fraction of sp³-hybridized carbons (Fsp3) is 0.406. The average Bonchev–Trinajstić information content (AvgIpc) is 3.60. The maximum absolute atomic E-state index is 14.2. The van der Waals surface area contributed by atoms with Gasteiger partial charge in [-0.05, 0) is 72.2 Å². The number of para-hydroxylation sites is 1. The third-order valence-electron chi connectivity index (χ3n) is 7.73. The van der Waals surface area contributed by atoms with Gasteiger partial charge in [-0.3, -0.25) is 9.69 Å². The minimum Gasteiger partial charge on any atom is -0.491 e. The monoisotopic (exact) mass is 548 g/mol. The van der Waals surface area contributed by atoms with Gasteiger partial charge >= 0.3 is 0 Å². The van der Waals surface area contributed by atoms with Crippen LogP contribution in [0.3, 0.4) is 0 Å². The molecular formula is C32H37FN2O5. The minimum atomic E-state index is -0.275. The Hall–Kier alpha value is -3.62. The smallest absolute Gasteiger partial charge is 0.238 e. The number of nitrogens with one attached hydrogen (secondary N) is 1. The van der Waals surface area contributed by atoms with E-state index < -0.39 is 0 Å². The molecule has 1 fully saturated rings. The molecule has 0 radical (unpaired) electrons. The minimum absolute atomic E-state index is 0.0376. The Bertz CT molecular complexity index is 1320. The average molecular weight is 549 g/mol. The van der Waals surface area contributed by atoms with Gasteiger partial charge in [-0.1, -0.05) is 38.1 Å². The molecule has 5 rings (SSSR count). The van der Waals surface area contributed by atoms with Gasteiger partial charge in [-0.15, -0.1) is 0 Å². The summed E-state index contributed by atoms with van der Waals surface area (Å²) < 4.78 is 36.6. The molecule has 2 heterocycles. The fourth-order valence-corrected chi connectivity index (χ4v) is 5.74. The lowest BCUT2D eigenvalue weighted by Crippen LogP contribution is -2.34. The number of ether oxygens (including phenoxy) is 4. The third kappa shape index (κ3) is 6.08. The van der Waals surface area contributed by atoms with Gasteiger partial charge in [0, 0.05) is 30.9 Å². The molecule has 0 aliphatic carbocycles. The molecule has 1 amide bonds. The number of rotatable bonds is 11. The zero-order chi connectivity index (χ0) is 28.1. The highest BCUT2D eigenvalue weighted by atomic mass is 19.1. The number of hydrogen-bond acceptors (Lipinski definition) is 6. The second kappa shape index (κ2) is 12.7. The molecule has 3 aromatic carbocycles. The summed E-state index contributed by atoms with van der Waals surface area (Å²) in [7, 11) is 1.65. The van der Waals surface area contributed by atoms with Gasteiger partial charge in [0.1, 0.15) is 18.2 Å². The highest BCUT2D eigenvalue weighted by molar-refractivity contribution is 5.94. The summed E-state index contributed by atoms with van der Waals surface area (Å²) >= 11 is 0. The summed E-state index contributed by atoms with van der Waals surface area (Å²) in [5.74, 6) is 2.09. The van der Waals surface area contributed by atoms with Crippen LogP contribution in [0.2, 0.25) is 0 Å². The molecule has 0 unspecified atom stereocenters. The lowest BCUT2D eigenvalue weighted by molar-refractivity contribution is -0.117. The van der Waals surface area contributed by atoms with Crippen LogP contribution in [-0.4, -0.2) is 51.0 Å². The highest BCUT2D eigenvalue weighted by Gasteiger charge is 2.37. The first-order valence-corrected chi connectivity index (χ1v) is 14.0. The first-order valence-electron chi connectivity index (χ1n) is 14.0. The van der Waals surface area contributed by atoms with E-state index in [4.69, 9.17) is 18.9 Å². The van der Waals surface area contributed by atoms with Crippen molar-refractivity contribution in [2.45, 2.75) is 45.1 Å². The van der Waals surface area contributed by atoms with E-state index in [1.807, 2.05) is 44.2 Å². The first-order chi connectivity index (χ1) is 19.5. The number of carbonyl (C=O) groups is 1. The number of methoxy groups -OCH3 is 1. The Morgan fingerprint density at radius 1 is 1.02 bits per heavy atom. The van der Waals surface area contributed by atoms with Crippen molar-refractivity contribution in [2.75, 3.05) is 45.5 Å². The Morgan fingerprint density at radius 2 is 1.77 bits per heavy atom. The number of amides is 1. The van der Waals surface area contributed by atoms with E-state index in [-0.39, 0.29) is 37.0 Å². The van der Waals surface area contributed by atoms with Crippen LogP contribution in [-0.2, 0) is 22.4 Å². The van der Waals surface area contributed by atoms with Crippen molar-refractivity contribution in [3.05, 3.63) is 82.7 Å². The number of hydrogen-bond donors (Lipinski definition) is 1. The number of fused-ring (bicyclic) bond motifs is 1. The largest absolute Gasteiger partial charge is 0.491 e. The van der Waals surface area contributed by atoms with E-state index >= 15 is 0 Å². The molecule has 40 heavy (non-hydrogen) atoms. The van der Waals surface area contributed by atoms with Crippen LogP contribution in [0.5, 0.6) is 17.2 Å². The second-order valence-corrected chi connectivity index (χ2v) is 10.2.